The average molecular weight is 228 g/mol. The molecule has 0 aliphatic carbocycles. The highest BCUT2D eigenvalue weighted by atomic mass is 16.5. The zero-order chi connectivity index (χ0) is 12.7. The van der Waals surface area contributed by atoms with E-state index in [0.29, 0.717) is 6.61 Å². The monoisotopic (exact) mass is 228 g/mol. The van der Waals surface area contributed by atoms with E-state index < -0.39 is 0 Å². The molecule has 0 radical (unpaired) electrons. The molecule has 0 aromatic heterocycles. The van der Waals surface area contributed by atoms with Gasteiger partial charge in [-0.3, -0.25) is 0 Å². The van der Waals surface area contributed by atoms with Gasteiger partial charge in [0.05, 0.1) is 0 Å². The molecule has 1 rings (SSSR count). The minimum atomic E-state index is 0.587. The van der Waals surface area contributed by atoms with E-state index in [1.54, 1.807) is 0 Å². The van der Waals surface area contributed by atoms with Crippen LogP contribution in [0.5, 0.6) is 5.75 Å². The Hall–Kier alpha value is -1.76. The fraction of sp³-hybridized carbons (Fsp3) is 0.250. The third-order valence-corrected chi connectivity index (χ3v) is 2.33. The maximum absolute atomic E-state index is 5.66. The van der Waals surface area contributed by atoms with Crippen LogP contribution in [0.1, 0.15) is 25.0 Å². The number of allylic oxidation sites excluding steroid dienone is 4. The third-order valence-electron chi connectivity index (χ3n) is 2.33. The lowest BCUT2D eigenvalue weighted by Gasteiger charge is -2.08. The minimum absolute atomic E-state index is 0.587. The first-order valence-electron chi connectivity index (χ1n) is 5.81. The maximum atomic E-state index is 5.66. The first-order chi connectivity index (χ1) is 8.13. The molecule has 0 aliphatic rings. The molecule has 0 amide bonds. The van der Waals surface area contributed by atoms with Crippen LogP contribution in [0.4, 0.5) is 0 Å². The van der Waals surface area contributed by atoms with Gasteiger partial charge in [-0.25, -0.2) is 0 Å². The Morgan fingerprint density at radius 1 is 1.29 bits per heavy atom. The second kappa shape index (κ2) is 6.74. The Labute approximate surface area is 104 Å². The van der Waals surface area contributed by atoms with Gasteiger partial charge in [0.2, 0.25) is 0 Å². The summed E-state index contributed by atoms with van der Waals surface area (Å²) >= 11 is 0. The van der Waals surface area contributed by atoms with Crippen molar-refractivity contribution in [2.45, 2.75) is 20.8 Å². The average Bonchev–Trinajstić information content (AvgIpc) is 2.28. The van der Waals surface area contributed by atoms with Crippen LogP contribution in [0.3, 0.4) is 0 Å². The molecule has 0 atom stereocenters. The molecule has 90 valence electrons. The van der Waals surface area contributed by atoms with Crippen molar-refractivity contribution in [1.82, 2.24) is 0 Å². The standard InChI is InChI=1S/C16H20O/c1-5-6-7-8-9-17-16-11-14(4)10-15(12-16)13(2)3/h5-8,10-12H,2,9H2,1,3-4H3/b6-5-,8-7+. The Morgan fingerprint density at radius 3 is 2.71 bits per heavy atom. The highest BCUT2D eigenvalue weighted by Gasteiger charge is 1.99. The molecular formula is C16H20O. The van der Waals surface area contributed by atoms with E-state index in [9.17, 15) is 0 Å². The molecule has 0 N–H and O–H groups in total. The Bertz CT molecular complexity index is 439. The normalized spacial score (nSPS) is 11.2. The summed E-state index contributed by atoms with van der Waals surface area (Å²) in [5.74, 6) is 0.896. The van der Waals surface area contributed by atoms with E-state index >= 15 is 0 Å². The molecule has 0 bridgehead atoms. The smallest absolute Gasteiger partial charge is 0.120 e. The quantitative estimate of drug-likeness (QED) is 0.672. The van der Waals surface area contributed by atoms with E-state index in [2.05, 4.69) is 19.6 Å². The van der Waals surface area contributed by atoms with Crippen molar-refractivity contribution in [2.24, 2.45) is 0 Å². The van der Waals surface area contributed by atoms with Crippen molar-refractivity contribution < 1.29 is 4.74 Å². The largest absolute Gasteiger partial charge is 0.490 e. The number of rotatable bonds is 5. The number of hydrogen-bond acceptors (Lipinski definition) is 1. The van der Waals surface area contributed by atoms with Crippen molar-refractivity contribution in [3.63, 3.8) is 0 Å². The number of aryl methyl sites for hydroxylation is 1. The molecule has 1 heteroatoms. The Balaban J connectivity index is 2.68. The number of benzene rings is 1. The molecule has 0 fully saturated rings. The van der Waals surface area contributed by atoms with Gasteiger partial charge in [-0.15, -0.1) is 0 Å². The van der Waals surface area contributed by atoms with Crippen LogP contribution in [0.2, 0.25) is 0 Å². The predicted molar refractivity (Wildman–Crippen MR) is 75.3 cm³/mol. The number of ether oxygens (including phenoxy) is 1. The Kier molecular flexibility index (Phi) is 5.28. The summed E-state index contributed by atoms with van der Waals surface area (Å²) in [6, 6.07) is 6.18. The van der Waals surface area contributed by atoms with Crippen LogP contribution in [0.15, 0.2) is 49.1 Å². The highest BCUT2D eigenvalue weighted by Crippen LogP contribution is 2.21. The van der Waals surface area contributed by atoms with Gasteiger partial charge in [0.1, 0.15) is 12.4 Å². The summed E-state index contributed by atoms with van der Waals surface area (Å²) in [4.78, 5) is 0. The summed E-state index contributed by atoms with van der Waals surface area (Å²) < 4.78 is 5.66. The van der Waals surface area contributed by atoms with Gasteiger partial charge in [0.25, 0.3) is 0 Å². The number of hydrogen-bond donors (Lipinski definition) is 0. The fourth-order valence-electron chi connectivity index (χ4n) is 1.47. The first kappa shape index (κ1) is 13.3. The Morgan fingerprint density at radius 2 is 2.06 bits per heavy atom. The van der Waals surface area contributed by atoms with Crippen molar-refractivity contribution in [3.05, 3.63) is 60.2 Å². The lowest BCUT2D eigenvalue weighted by molar-refractivity contribution is 0.362. The van der Waals surface area contributed by atoms with E-state index in [4.69, 9.17) is 4.74 Å². The third kappa shape index (κ3) is 4.73. The summed E-state index contributed by atoms with van der Waals surface area (Å²) in [6.45, 7) is 10.6. The molecule has 0 heterocycles. The maximum Gasteiger partial charge on any atom is 0.120 e. The zero-order valence-electron chi connectivity index (χ0n) is 10.9. The molecule has 0 saturated carbocycles. The van der Waals surface area contributed by atoms with Gasteiger partial charge in [0, 0.05) is 0 Å². The van der Waals surface area contributed by atoms with Crippen molar-refractivity contribution >= 4 is 5.57 Å². The lowest BCUT2D eigenvalue weighted by atomic mass is 10.1. The van der Waals surface area contributed by atoms with Gasteiger partial charge in [-0.05, 0) is 50.1 Å². The van der Waals surface area contributed by atoms with E-state index in [0.717, 1.165) is 16.9 Å². The second-order valence-corrected chi connectivity index (χ2v) is 4.08. The molecule has 1 nitrogen and oxygen atoms in total. The molecule has 17 heavy (non-hydrogen) atoms. The van der Waals surface area contributed by atoms with E-state index in [-0.39, 0.29) is 0 Å². The molecule has 0 spiro atoms. The zero-order valence-corrected chi connectivity index (χ0v) is 10.9. The van der Waals surface area contributed by atoms with E-state index in [1.165, 1.54) is 5.56 Å². The van der Waals surface area contributed by atoms with Gasteiger partial charge < -0.3 is 4.74 Å². The summed E-state index contributed by atoms with van der Waals surface area (Å²) in [5, 5.41) is 0. The summed E-state index contributed by atoms with van der Waals surface area (Å²) in [6.07, 6.45) is 7.94. The topological polar surface area (TPSA) is 9.23 Å². The fourth-order valence-corrected chi connectivity index (χ4v) is 1.47. The minimum Gasteiger partial charge on any atom is -0.490 e. The van der Waals surface area contributed by atoms with Crippen LogP contribution >= 0.6 is 0 Å². The van der Waals surface area contributed by atoms with Crippen LogP contribution in [0, 0.1) is 6.92 Å². The van der Waals surface area contributed by atoms with Crippen LogP contribution < -0.4 is 4.74 Å². The van der Waals surface area contributed by atoms with Gasteiger partial charge >= 0.3 is 0 Å². The van der Waals surface area contributed by atoms with Crippen LogP contribution in [-0.4, -0.2) is 6.61 Å². The van der Waals surface area contributed by atoms with E-state index in [1.807, 2.05) is 50.3 Å². The second-order valence-electron chi connectivity index (χ2n) is 4.08. The first-order valence-corrected chi connectivity index (χ1v) is 5.81. The van der Waals surface area contributed by atoms with Gasteiger partial charge in [-0.1, -0.05) is 36.4 Å². The van der Waals surface area contributed by atoms with Crippen molar-refractivity contribution in [2.75, 3.05) is 6.61 Å². The molecule has 1 aromatic rings. The summed E-state index contributed by atoms with van der Waals surface area (Å²) in [7, 11) is 0. The van der Waals surface area contributed by atoms with Crippen LogP contribution in [-0.2, 0) is 0 Å². The molecule has 1 aromatic carbocycles. The lowest BCUT2D eigenvalue weighted by Crippen LogP contribution is -1.94. The van der Waals surface area contributed by atoms with Gasteiger partial charge in [-0.2, -0.15) is 0 Å². The van der Waals surface area contributed by atoms with Crippen LogP contribution in [0.25, 0.3) is 5.57 Å². The van der Waals surface area contributed by atoms with Crippen molar-refractivity contribution in [1.29, 1.82) is 0 Å². The van der Waals surface area contributed by atoms with Gasteiger partial charge in [0.15, 0.2) is 0 Å². The summed E-state index contributed by atoms with van der Waals surface area (Å²) in [5.41, 5.74) is 3.39. The predicted octanol–water partition coefficient (Wildman–Crippen LogP) is 4.54. The van der Waals surface area contributed by atoms with Crippen molar-refractivity contribution in [3.8, 4) is 5.75 Å². The molecule has 0 aliphatic heterocycles. The molecule has 0 saturated heterocycles. The highest BCUT2D eigenvalue weighted by molar-refractivity contribution is 5.63. The SMILES string of the molecule is C=C(C)c1cc(C)cc(OC/C=C/C=C\C)c1. The molecule has 0 unspecified atom stereocenters. The molecular weight excluding hydrogens is 208 g/mol.